The van der Waals surface area contributed by atoms with E-state index in [2.05, 4.69) is 64.6 Å². The first-order chi connectivity index (χ1) is 12.8. The Labute approximate surface area is 156 Å². The number of nitrogens with zero attached hydrogens (tertiary/aromatic N) is 3. The standard InChI is InChI=1S/C21H31N5/c1-3-22-21(23-12-7-10-20-15-24-25-17(20)2)26-13-11-19(16-26)14-18-8-5-4-6-9-18/h4-6,8-9,15,19H,3,7,10-14,16H2,1-2H3,(H,22,23)(H,24,25). The number of benzene rings is 1. The number of rotatable bonds is 7. The lowest BCUT2D eigenvalue weighted by molar-refractivity contribution is 0.459. The van der Waals surface area contributed by atoms with Gasteiger partial charge in [-0.3, -0.25) is 10.1 Å². The summed E-state index contributed by atoms with van der Waals surface area (Å²) in [6, 6.07) is 10.8. The van der Waals surface area contributed by atoms with Crippen LogP contribution >= 0.6 is 0 Å². The minimum atomic E-state index is 0.717. The number of aromatic nitrogens is 2. The number of aromatic amines is 1. The molecule has 0 radical (unpaired) electrons. The second kappa shape index (κ2) is 9.41. The molecule has 5 heteroatoms. The van der Waals surface area contributed by atoms with Crippen molar-refractivity contribution in [2.45, 2.75) is 39.5 Å². The topological polar surface area (TPSA) is 56.3 Å². The quantitative estimate of drug-likeness (QED) is 0.457. The number of guanidine groups is 1. The predicted molar refractivity (Wildman–Crippen MR) is 107 cm³/mol. The van der Waals surface area contributed by atoms with Crippen molar-refractivity contribution in [1.29, 1.82) is 0 Å². The summed E-state index contributed by atoms with van der Waals surface area (Å²) < 4.78 is 0. The molecule has 140 valence electrons. The number of hydrogen-bond donors (Lipinski definition) is 2. The van der Waals surface area contributed by atoms with Crippen LogP contribution < -0.4 is 5.32 Å². The molecule has 2 aromatic rings. The van der Waals surface area contributed by atoms with Crippen molar-refractivity contribution in [3.8, 4) is 0 Å². The second-order valence-electron chi connectivity index (χ2n) is 7.15. The minimum absolute atomic E-state index is 0.717. The molecule has 0 amide bonds. The average Bonchev–Trinajstić information content (AvgIpc) is 3.28. The Kier molecular flexibility index (Phi) is 6.69. The van der Waals surface area contributed by atoms with Gasteiger partial charge in [0.2, 0.25) is 0 Å². The third kappa shape index (κ3) is 5.10. The summed E-state index contributed by atoms with van der Waals surface area (Å²) >= 11 is 0. The van der Waals surface area contributed by atoms with E-state index in [1.54, 1.807) is 0 Å². The van der Waals surface area contributed by atoms with Gasteiger partial charge in [-0.15, -0.1) is 0 Å². The number of nitrogens with one attached hydrogen (secondary N) is 2. The SMILES string of the molecule is CCNC(=NCCCc1cn[nH]c1C)N1CCC(Cc2ccccc2)C1. The van der Waals surface area contributed by atoms with Crippen molar-refractivity contribution < 1.29 is 0 Å². The lowest BCUT2D eigenvalue weighted by Gasteiger charge is -2.21. The maximum atomic E-state index is 4.87. The molecule has 0 spiro atoms. The van der Waals surface area contributed by atoms with E-state index < -0.39 is 0 Å². The summed E-state index contributed by atoms with van der Waals surface area (Å²) in [5.74, 6) is 1.79. The van der Waals surface area contributed by atoms with Gasteiger partial charge >= 0.3 is 0 Å². The van der Waals surface area contributed by atoms with Gasteiger partial charge in [-0.25, -0.2) is 0 Å². The van der Waals surface area contributed by atoms with Gasteiger partial charge < -0.3 is 10.2 Å². The molecule has 5 nitrogen and oxygen atoms in total. The highest BCUT2D eigenvalue weighted by atomic mass is 15.3. The van der Waals surface area contributed by atoms with Gasteiger partial charge in [-0.05, 0) is 56.6 Å². The van der Waals surface area contributed by atoms with Crippen LogP contribution in [-0.2, 0) is 12.8 Å². The molecule has 1 fully saturated rings. The lowest BCUT2D eigenvalue weighted by atomic mass is 9.99. The smallest absolute Gasteiger partial charge is 0.193 e. The minimum Gasteiger partial charge on any atom is -0.357 e. The zero-order valence-corrected chi connectivity index (χ0v) is 16.0. The number of H-pyrrole nitrogens is 1. The van der Waals surface area contributed by atoms with Crippen LogP contribution in [0.1, 0.15) is 36.6 Å². The maximum Gasteiger partial charge on any atom is 0.193 e. The number of aryl methyl sites for hydroxylation is 2. The van der Waals surface area contributed by atoms with Crippen LogP contribution in [-0.4, -0.2) is 47.2 Å². The first kappa shape index (κ1) is 18.5. The van der Waals surface area contributed by atoms with E-state index >= 15 is 0 Å². The molecule has 2 heterocycles. The molecule has 1 saturated heterocycles. The van der Waals surface area contributed by atoms with Crippen LogP contribution in [0.3, 0.4) is 0 Å². The fraction of sp³-hybridized carbons (Fsp3) is 0.524. The number of hydrogen-bond acceptors (Lipinski definition) is 2. The molecule has 26 heavy (non-hydrogen) atoms. The third-order valence-corrected chi connectivity index (χ3v) is 5.09. The second-order valence-corrected chi connectivity index (χ2v) is 7.15. The van der Waals surface area contributed by atoms with Crippen LogP contribution in [0.2, 0.25) is 0 Å². The summed E-state index contributed by atoms with van der Waals surface area (Å²) in [7, 11) is 0. The molecule has 1 aliphatic rings. The Hall–Kier alpha value is -2.30. The Morgan fingerprint density at radius 1 is 1.35 bits per heavy atom. The largest absolute Gasteiger partial charge is 0.357 e. The van der Waals surface area contributed by atoms with Crippen molar-refractivity contribution >= 4 is 5.96 Å². The molecular weight excluding hydrogens is 322 g/mol. The van der Waals surface area contributed by atoms with Crippen LogP contribution in [0.25, 0.3) is 0 Å². The summed E-state index contributed by atoms with van der Waals surface area (Å²) in [6.07, 6.45) is 6.42. The van der Waals surface area contributed by atoms with E-state index in [1.807, 2.05) is 6.20 Å². The van der Waals surface area contributed by atoms with Gasteiger partial charge in [0.15, 0.2) is 5.96 Å². The monoisotopic (exact) mass is 353 g/mol. The Morgan fingerprint density at radius 2 is 2.19 bits per heavy atom. The highest BCUT2D eigenvalue weighted by Gasteiger charge is 2.24. The van der Waals surface area contributed by atoms with E-state index in [0.717, 1.165) is 57.3 Å². The maximum absolute atomic E-state index is 4.87. The van der Waals surface area contributed by atoms with Crippen LogP contribution in [0.4, 0.5) is 0 Å². The molecular formula is C21H31N5. The van der Waals surface area contributed by atoms with Gasteiger partial charge in [0.1, 0.15) is 0 Å². The molecule has 2 N–H and O–H groups in total. The van der Waals surface area contributed by atoms with E-state index in [4.69, 9.17) is 4.99 Å². The zero-order chi connectivity index (χ0) is 18.2. The van der Waals surface area contributed by atoms with Crippen molar-refractivity contribution in [3.05, 3.63) is 53.3 Å². The average molecular weight is 354 g/mol. The van der Waals surface area contributed by atoms with E-state index in [-0.39, 0.29) is 0 Å². The molecule has 1 aliphatic heterocycles. The van der Waals surface area contributed by atoms with Crippen molar-refractivity contribution in [1.82, 2.24) is 20.4 Å². The van der Waals surface area contributed by atoms with Crippen molar-refractivity contribution in [2.75, 3.05) is 26.2 Å². The summed E-state index contributed by atoms with van der Waals surface area (Å²) in [5.41, 5.74) is 3.91. The molecule has 1 unspecified atom stereocenters. The van der Waals surface area contributed by atoms with Crippen molar-refractivity contribution in [2.24, 2.45) is 10.9 Å². The Morgan fingerprint density at radius 3 is 2.92 bits per heavy atom. The molecule has 0 bridgehead atoms. The fourth-order valence-corrected chi connectivity index (χ4v) is 3.65. The fourth-order valence-electron chi connectivity index (χ4n) is 3.65. The van der Waals surface area contributed by atoms with Gasteiger partial charge in [0.05, 0.1) is 6.20 Å². The number of aliphatic imine (C=N–C) groups is 1. The molecule has 3 rings (SSSR count). The molecule has 0 aliphatic carbocycles. The lowest BCUT2D eigenvalue weighted by Crippen LogP contribution is -2.40. The molecule has 0 saturated carbocycles. The van der Waals surface area contributed by atoms with Gasteiger partial charge in [-0.1, -0.05) is 30.3 Å². The molecule has 1 atom stereocenters. The van der Waals surface area contributed by atoms with Crippen LogP contribution in [0.15, 0.2) is 41.5 Å². The first-order valence-electron chi connectivity index (χ1n) is 9.82. The van der Waals surface area contributed by atoms with E-state index in [0.29, 0.717) is 0 Å². The highest BCUT2D eigenvalue weighted by Crippen LogP contribution is 2.21. The number of likely N-dealkylation sites (tertiary alicyclic amines) is 1. The summed E-state index contributed by atoms with van der Waals surface area (Å²) in [6.45, 7) is 8.19. The van der Waals surface area contributed by atoms with Gasteiger partial charge in [0.25, 0.3) is 0 Å². The van der Waals surface area contributed by atoms with Crippen molar-refractivity contribution in [3.63, 3.8) is 0 Å². The van der Waals surface area contributed by atoms with Crippen LogP contribution in [0, 0.1) is 12.8 Å². The molecule has 1 aromatic heterocycles. The predicted octanol–water partition coefficient (Wildman–Crippen LogP) is 3.18. The van der Waals surface area contributed by atoms with E-state index in [1.165, 1.54) is 23.2 Å². The molecule has 1 aromatic carbocycles. The van der Waals surface area contributed by atoms with Gasteiger partial charge in [0, 0.05) is 31.9 Å². The van der Waals surface area contributed by atoms with Crippen LogP contribution in [0.5, 0.6) is 0 Å². The Balaban J connectivity index is 1.50. The zero-order valence-electron chi connectivity index (χ0n) is 16.0. The highest BCUT2D eigenvalue weighted by molar-refractivity contribution is 5.80. The van der Waals surface area contributed by atoms with Gasteiger partial charge in [-0.2, -0.15) is 5.10 Å². The summed E-state index contributed by atoms with van der Waals surface area (Å²) in [5, 5.41) is 10.6. The normalized spacial score (nSPS) is 17.7. The van der Waals surface area contributed by atoms with E-state index in [9.17, 15) is 0 Å². The summed E-state index contributed by atoms with van der Waals surface area (Å²) in [4.78, 5) is 7.30. The third-order valence-electron chi connectivity index (χ3n) is 5.09. The first-order valence-corrected chi connectivity index (χ1v) is 9.82. The Bertz CT molecular complexity index is 691.